The Bertz CT molecular complexity index is 1250. The smallest absolute Gasteiger partial charge is 0.327 e. The van der Waals surface area contributed by atoms with Gasteiger partial charge in [0, 0.05) is 31.2 Å². The fraction of sp³-hybridized carbons (Fsp3) is 0.280. The van der Waals surface area contributed by atoms with Crippen molar-refractivity contribution in [1.82, 2.24) is 9.88 Å². The maximum absolute atomic E-state index is 12.0. The Morgan fingerprint density at radius 2 is 1.84 bits per heavy atom. The molecule has 1 fully saturated rings. The molecule has 0 saturated carbocycles. The Labute approximate surface area is 243 Å². The summed E-state index contributed by atoms with van der Waals surface area (Å²) in [6.45, 7) is 4.70. The van der Waals surface area contributed by atoms with Crippen molar-refractivity contribution >= 4 is 71.4 Å². The van der Waals surface area contributed by atoms with Crippen molar-refractivity contribution in [2.24, 2.45) is 5.73 Å². The van der Waals surface area contributed by atoms with Crippen LogP contribution in [0.2, 0.25) is 15.1 Å². The Morgan fingerprint density at radius 1 is 1.08 bits per heavy atom. The largest absolute Gasteiger partial charge is 0.480 e. The van der Waals surface area contributed by atoms with Crippen LogP contribution in [-0.2, 0) is 11.3 Å². The summed E-state index contributed by atoms with van der Waals surface area (Å²) in [7, 11) is 0. The van der Waals surface area contributed by atoms with Crippen LogP contribution in [0, 0.1) is 0 Å². The number of nitrogens with two attached hydrogens (primary N) is 1. The van der Waals surface area contributed by atoms with Crippen LogP contribution in [0.3, 0.4) is 0 Å². The molecule has 3 N–H and O–H groups in total. The second-order valence-electron chi connectivity index (χ2n) is 8.20. The predicted octanol–water partition coefficient (Wildman–Crippen LogP) is 6.40. The van der Waals surface area contributed by atoms with Crippen LogP contribution in [-0.4, -0.2) is 53.2 Å². The summed E-state index contributed by atoms with van der Waals surface area (Å²) in [5.41, 5.74) is 8.55. The molecule has 1 aromatic heterocycles. The highest BCUT2D eigenvalue weighted by atomic mass is 35.5. The van der Waals surface area contributed by atoms with Crippen LogP contribution in [0.25, 0.3) is 11.1 Å². The minimum absolute atomic E-state index is 0. The van der Waals surface area contributed by atoms with Crippen LogP contribution in [0.4, 0.5) is 5.82 Å². The number of benzene rings is 2. The Morgan fingerprint density at radius 3 is 2.51 bits per heavy atom. The summed E-state index contributed by atoms with van der Waals surface area (Å²) < 4.78 is 6.04. The van der Waals surface area contributed by atoms with Gasteiger partial charge in [-0.2, -0.15) is 4.98 Å². The number of anilines is 1. The predicted molar refractivity (Wildman–Crippen MR) is 154 cm³/mol. The highest BCUT2D eigenvalue weighted by molar-refractivity contribution is 6.36. The van der Waals surface area contributed by atoms with Gasteiger partial charge in [0.25, 0.3) is 0 Å². The number of hydrogen-bond donors (Lipinski definition) is 2. The summed E-state index contributed by atoms with van der Waals surface area (Å²) in [5.74, 6) is -0.0966. The van der Waals surface area contributed by atoms with Gasteiger partial charge >= 0.3 is 5.97 Å². The van der Waals surface area contributed by atoms with E-state index in [9.17, 15) is 9.90 Å². The fourth-order valence-corrected chi connectivity index (χ4v) is 4.81. The number of pyridine rings is 1. The standard InChI is InChI=1S/C25H25Cl3N4O3.2ClH/c1-2-31-6-7-32(22(14-31)25(33)34)23-20(27)12-21(28)24(30-23)35-19-10-17(9-18(26)11-19)16-5-3-4-15(8-16)13-29;;/h3-5,8-12,22H,2,6-7,13-14,29H2,1H3,(H,33,34);2*1H. The van der Waals surface area contributed by atoms with E-state index in [0.29, 0.717) is 42.8 Å². The van der Waals surface area contributed by atoms with Gasteiger partial charge in [0.05, 0.1) is 5.02 Å². The fourth-order valence-electron chi connectivity index (χ4n) is 4.08. The van der Waals surface area contributed by atoms with Crippen molar-refractivity contribution in [2.45, 2.75) is 19.5 Å². The van der Waals surface area contributed by atoms with Gasteiger partial charge in [-0.3, -0.25) is 4.90 Å². The number of likely N-dealkylation sites (N-methyl/N-ethyl adjacent to an activating group) is 1. The van der Waals surface area contributed by atoms with E-state index in [0.717, 1.165) is 23.2 Å². The minimum Gasteiger partial charge on any atom is -0.480 e. The molecular formula is C25H27Cl5N4O3. The molecule has 1 aliphatic heterocycles. The van der Waals surface area contributed by atoms with Crippen molar-refractivity contribution in [3.63, 3.8) is 0 Å². The number of halogens is 5. The first-order chi connectivity index (χ1) is 16.8. The molecule has 37 heavy (non-hydrogen) atoms. The number of carboxylic acids is 1. The lowest BCUT2D eigenvalue weighted by molar-refractivity contribution is -0.139. The number of aliphatic carboxylic acids is 1. The van der Waals surface area contributed by atoms with Gasteiger partial charge in [-0.05, 0) is 53.6 Å². The molecule has 12 heteroatoms. The molecule has 1 atom stereocenters. The van der Waals surface area contributed by atoms with Gasteiger partial charge in [-0.25, -0.2) is 4.79 Å². The SMILES string of the molecule is CCN1CCN(c2nc(Oc3cc(Cl)cc(-c4cccc(CN)c4)c3)c(Cl)cc2Cl)C(C(=O)O)C1.Cl.Cl. The summed E-state index contributed by atoms with van der Waals surface area (Å²) in [6, 6.07) is 13.9. The molecule has 0 aliphatic carbocycles. The topological polar surface area (TPSA) is 91.9 Å². The van der Waals surface area contributed by atoms with Crippen molar-refractivity contribution in [3.05, 3.63) is 69.2 Å². The number of aromatic nitrogens is 1. The molecule has 1 unspecified atom stereocenters. The molecule has 0 bridgehead atoms. The molecule has 7 nitrogen and oxygen atoms in total. The van der Waals surface area contributed by atoms with E-state index >= 15 is 0 Å². The second kappa shape index (κ2) is 13.7. The van der Waals surface area contributed by atoms with E-state index in [2.05, 4.69) is 9.88 Å². The van der Waals surface area contributed by atoms with Crippen LogP contribution < -0.4 is 15.4 Å². The van der Waals surface area contributed by atoms with E-state index < -0.39 is 12.0 Å². The Kier molecular flexibility index (Phi) is 11.6. The average molecular weight is 609 g/mol. The summed E-state index contributed by atoms with van der Waals surface area (Å²) in [5, 5.41) is 10.7. The lowest BCUT2D eigenvalue weighted by atomic mass is 10.0. The first-order valence-electron chi connectivity index (χ1n) is 11.1. The Balaban J connectivity index is 0.00000241. The van der Waals surface area contributed by atoms with E-state index in [1.165, 1.54) is 6.07 Å². The lowest BCUT2D eigenvalue weighted by Crippen LogP contribution is -2.56. The van der Waals surface area contributed by atoms with Crippen LogP contribution >= 0.6 is 59.6 Å². The zero-order valence-corrected chi connectivity index (χ0v) is 23.8. The number of rotatable bonds is 7. The quantitative estimate of drug-likeness (QED) is 0.321. The highest BCUT2D eigenvalue weighted by Crippen LogP contribution is 2.38. The Hall–Kier alpha value is -1.97. The van der Waals surface area contributed by atoms with Gasteiger partial charge in [0.1, 0.15) is 16.8 Å². The summed E-state index contributed by atoms with van der Waals surface area (Å²) in [4.78, 5) is 20.3. The summed E-state index contributed by atoms with van der Waals surface area (Å²) in [6.07, 6.45) is 0. The van der Waals surface area contributed by atoms with E-state index in [4.69, 9.17) is 45.3 Å². The molecule has 0 spiro atoms. The molecule has 2 aromatic carbocycles. The third-order valence-electron chi connectivity index (χ3n) is 5.93. The maximum atomic E-state index is 12.0. The molecule has 4 rings (SSSR count). The molecule has 2 heterocycles. The molecule has 3 aromatic rings. The van der Waals surface area contributed by atoms with E-state index in [-0.39, 0.29) is 40.7 Å². The number of ether oxygens (including phenoxy) is 1. The highest BCUT2D eigenvalue weighted by Gasteiger charge is 2.34. The number of carbonyl (C=O) groups is 1. The van der Waals surface area contributed by atoms with Gasteiger partial charge in [-0.1, -0.05) is 59.9 Å². The number of carboxylic acid groups (broad SMARTS) is 1. The maximum Gasteiger partial charge on any atom is 0.327 e. The van der Waals surface area contributed by atoms with Gasteiger partial charge in [0.2, 0.25) is 5.88 Å². The van der Waals surface area contributed by atoms with Crippen molar-refractivity contribution in [1.29, 1.82) is 0 Å². The molecule has 0 radical (unpaired) electrons. The number of hydrogen-bond acceptors (Lipinski definition) is 6. The van der Waals surface area contributed by atoms with Crippen molar-refractivity contribution in [2.75, 3.05) is 31.1 Å². The molecule has 1 saturated heterocycles. The number of nitrogens with zero attached hydrogens (tertiary/aromatic N) is 3. The molecule has 1 aliphatic rings. The van der Waals surface area contributed by atoms with Crippen molar-refractivity contribution in [3.8, 4) is 22.8 Å². The lowest BCUT2D eigenvalue weighted by Gasteiger charge is -2.39. The van der Waals surface area contributed by atoms with Gasteiger partial charge in [-0.15, -0.1) is 24.8 Å². The third-order valence-corrected chi connectivity index (χ3v) is 6.70. The van der Waals surface area contributed by atoms with Crippen LogP contribution in [0.15, 0.2) is 48.5 Å². The number of piperazine rings is 1. The molecular weight excluding hydrogens is 582 g/mol. The zero-order valence-electron chi connectivity index (χ0n) is 19.9. The monoisotopic (exact) mass is 606 g/mol. The van der Waals surface area contributed by atoms with Crippen LogP contribution in [0.5, 0.6) is 11.6 Å². The second-order valence-corrected chi connectivity index (χ2v) is 9.45. The van der Waals surface area contributed by atoms with Crippen LogP contribution in [0.1, 0.15) is 12.5 Å². The minimum atomic E-state index is -0.947. The average Bonchev–Trinajstić information content (AvgIpc) is 2.85. The van der Waals surface area contributed by atoms with Gasteiger partial charge < -0.3 is 20.5 Å². The summed E-state index contributed by atoms with van der Waals surface area (Å²) >= 11 is 19.2. The first-order valence-corrected chi connectivity index (χ1v) is 12.3. The zero-order chi connectivity index (χ0) is 25.1. The van der Waals surface area contributed by atoms with E-state index in [1.807, 2.05) is 43.3 Å². The first kappa shape index (κ1) is 31.2. The molecule has 200 valence electrons. The van der Waals surface area contributed by atoms with Gasteiger partial charge in [0.15, 0.2) is 5.82 Å². The molecule has 0 amide bonds. The third kappa shape index (κ3) is 7.33. The van der Waals surface area contributed by atoms with Crippen molar-refractivity contribution < 1.29 is 14.6 Å². The normalized spacial score (nSPS) is 15.5. The van der Waals surface area contributed by atoms with E-state index in [1.54, 1.807) is 11.0 Å².